The van der Waals surface area contributed by atoms with E-state index < -0.39 is 0 Å². The number of hydrogen-bond acceptors (Lipinski definition) is 2. The van der Waals surface area contributed by atoms with Crippen LogP contribution in [0.15, 0.2) is 22.7 Å². The molecular formula is C14H22BrNO. The van der Waals surface area contributed by atoms with E-state index in [0.29, 0.717) is 6.61 Å². The molecule has 0 fully saturated rings. The zero-order chi connectivity index (χ0) is 13.1. The third kappa shape index (κ3) is 4.68. The van der Waals surface area contributed by atoms with Crippen molar-refractivity contribution in [1.29, 1.82) is 0 Å². The van der Waals surface area contributed by atoms with Gasteiger partial charge in [-0.2, -0.15) is 0 Å². The molecular weight excluding hydrogens is 278 g/mol. The molecule has 0 aliphatic carbocycles. The molecule has 0 saturated heterocycles. The van der Waals surface area contributed by atoms with Crippen molar-refractivity contribution in [2.45, 2.75) is 40.2 Å². The molecule has 1 atom stereocenters. The first-order valence-corrected chi connectivity index (χ1v) is 6.80. The zero-order valence-electron chi connectivity index (χ0n) is 11.1. The quantitative estimate of drug-likeness (QED) is 0.900. The highest BCUT2D eigenvalue weighted by Gasteiger charge is 2.20. The number of halogens is 1. The van der Waals surface area contributed by atoms with Crippen molar-refractivity contribution in [3.63, 3.8) is 0 Å². The predicted octanol–water partition coefficient (Wildman–Crippen LogP) is 4.28. The van der Waals surface area contributed by atoms with Gasteiger partial charge in [0.25, 0.3) is 0 Å². The molecule has 0 saturated carbocycles. The molecule has 0 aromatic heterocycles. The van der Waals surface area contributed by atoms with Crippen LogP contribution in [0, 0.1) is 5.41 Å². The summed E-state index contributed by atoms with van der Waals surface area (Å²) in [7, 11) is 0. The fourth-order valence-electron chi connectivity index (χ4n) is 1.87. The van der Waals surface area contributed by atoms with E-state index in [0.717, 1.165) is 22.2 Å². The van der Waals surface area contributed by atoms with Crippen LogP contribution in [0.5, 0.6) is 5.75 Å². The lowest BCUT2D eigenvalue weighted by atomic mass is 9.85. The van der Waals surface area contributed by atoms with E-state index >= 15 is 0 Å². The van der Waals surface area contributed by atoms with Crippen LogP contribution in [0.2, 0.25) is 0 Å². The first kappa shape index (κ1) is 14.5. The van der Waals surface area contributed by atoms with Gasteiger partial charge in [0.05, 0.1) is 6.61 Å². The average Bonchev–Trinajstić information content (AvgIpc) is 2.18. The standard InChI is InChI=1S/C14H22BrNO/c1-5-17-13-7-6-10(15)8-11(13)12(16)9-14(2,3)4/h6-8,12H,5,9,16H2,1-4H3. The number of hydrogen-bond donors (Lipinski definition) is 1. The molecule has 1 unspecified atom stereocenters. The minimum Gasteiger partial charge on any atom is -0.494 e. The van der Waals surface area contributed by atoms with E-state index in [4.69, 9.17) is 10.5 Å². The van der Waals surface area contributed by atoms with Crippen LogP contribution in [0.3, 0.4) is 0 Å². The summed E-state index contributed by atoms with van der Waals surface area (Å²) in [6, 6.07) is 6.03. The van der Waals surface area contributed by atoms with Crippen LogP contribution in [0.4, 0.5) is 0 Å². The van der Waals surface area contributed by atoms with Crippen molar-refractivity contribution in [3.8, 4) is 5.75 Å². The smallest absolute Gasteiger partial charge is 0.124 e. The van der Waals surface area contributed by atoms with E-state index in [1.807, 2.05) is 19.1 Å². The summed E-state index contributed by atoms with van der Waals surface area (Å²) in [6.45, 7) is 9.25. The minimum absolute atomic E-state index is 0.00838. The largest absolute Gasteiger partial charge is 0.494 e. The number of ether oxygens (including phenoxy) is 1. The highest BCUT2D eigenvalue weighted by molar-refractivity contribution is 9.10. The van der Waals surface area contributed by atoms with Crippen molar-refractivity contribution in [1.82, 2.24) is 0 Å². The van der Waals surface area contributed by atoms with Gasteiger partial charge in [0.2, 0.25) is 0 Å². The second-order valence-corrected chi connectivity index (χ2v) is 6.40. The Kier molecular flexibility index (Phi) is 5.02. The third-order valence-electron chi connectivity index (χ3n) is 2.50. The van der Waals surface area contributed by atoms with Gasteiger partial charge in [0, 0.05) is 16.1 Å². The summed E-state index contributed by atoms with van der Waals surface area (Å²) in [6.07, 6.45) is 0.934. The summed E-state index contributed by atoms with van der Waals surface area (Å²) in [5.41, 5.74) is 7.57. The Hall–Kier alpha value is -0.540. The van der Waals surface area contributed by atoms with E-state index in [9.17, 15) is 0 Å². The van der Waals surface area contributed by atoms with Crippen molar-refractivity contribution in [2.75, 3.05) is 6.61 Å². The Morgan fingerprint density at radius 3 is 2.53 bits per heavy atom. The number of benzene rings is 1. The van der Waals surface area contributed by atoms with Crippen molar-refractivity contribution >= 4 is 15.9 Å². The lowest BCUT2D eigenvalue weighted by molar-refractivity contribution is 0.315. The fourth-order valence-corrected chi connectivity index (χ4v) is 2.24. The van der Waals surface area contributed by atoms with Crippen molar-refractivity contribution in [3.05, 3.63) is 28.2 Å². The average molecular weight is 300 g/mol. The Morgan fingerprint density at radius 2 is 2.00 bits per heavy atom. The minimum atomic E-state index is 0.00838. The second kappa shape index (κ2) is 5.87. The van der Waals surface area contributed by atoms with Gasteiger partial charge >= 0.3 is 0 Å². The first-order chi connectivity index (χ1) is 7.83. The Balaban J connectivity index is 2.97. The molecule has 3 heteroatoms. The highest BCUT2D eigenvalue weighted by atomic mass is 79.9. The summed E-state index contributed by atoms with van der Waals surface area (Å²) < 4.78 is 6.67. The molecule has 0 heterocycles. The maximum atomic E-state index is 6.28. The molecule has 1 aromatic rings. The van der Waals surface area contributed by atoms with Gasteiger partial charge in [0.1, 0.15) is 5.75 Å². The van der Waals surface area contributed by atoms with Gasteiger partial charge in [-0.15, -0.1) is 0 Å². The molecule has 0 aliphatic rings. The molecule has 0 amide bonds. The molecule has 0 radical (unpaired) electrons. The molecule has 0 spiro atoms. The van der Waals surface area contributed by atoms with Crippen molar-refractivity contribution in [2.24, 2.45) is 11.1 Å². The lowest BCUT2D eigenvalue weighted by Crippen LogP contribution is -2.19. The highest BCUT2D eigenvalue weighted by Crippen LogP contribution is 2.34. The first-order valence-electron chi connectivity index (χ1n) is 6.01. The summed E-state index contributed by atoms with van der Waals surface area (Å²) in [5.74, 6) is 0.896. The molecule has 0 bridgehead atoms. The SMILES string of the molecule is CCOc1ccc(Br)cc1C(N)CC(C)(C)C. The summed E-state index contributed by atoms with van der Waals surface area (Å²) >= 11 is 3.48. The normalized spacial score (nSPS) is 13.5. The van der Waals surface area contributed by atoms with Crippen LogP contribution >= 0.6 is 15.9 Å². The topological polar surface area (TPSA) is 35.2 Å². The number of nitrogens with two attached hydrogens (primary N) is 1. The van der Waals surface area contributed by atoms with Crippen LogP contribution in [0.1, 0.15) is 45.7 Å². The van der Waals surface area contributed by atoms with E-state index in [1.165, 1.54) is 0 Å². The van der Waals surface area contributed by atoms with Crippen molar-refractivity contribution < 1.29 is 4.74 Å². The summed E-state index contributed by atoms with van der Waals surface area (Å²) in [5, 5.41) is 0. The van der Waals surface area contributed by atoms with Gasteiger partial charge in [0.15, 0.2) is 0 Å². The van der Waals surface area contributed by atoms with Gasteiger partial charge in [-0.05, 0) is 37.0 Å². The maximum Gasteiger partial charge on any atom is 0.124 e. The molecule has 1 aromatic carbocycles. The van der Waals surface area contributed by atoms with Gasteiger partial charge in [-0.1, -0.05) is 36.7 Å². The number of rotatable bonds is 4. The summed E-state index contributed by atoms with van der Waals surface area (Å²) in [4.78, 5) is 0. The third-order valence-corrected chi connectivity index (χ3v) is 3.00. The Bertz CT molecular complexity index is 371. The molecule has 96 valence electrons. The van der Waals surface area contributed by atoms with E-state index in [-0.39, 0.29) is 11.5 Å². The van der Waals surface area contributed by atoms with Crippen LogP contribution in [-0.4, -0.2) is 6.61 Å². The van der Waals surface area contributed by atoms with Crippen LogP contribution < -0.4 is 10.5 Å². The Morgan fingerprint density at radius 1 is 1.35 bits per heavy atom. The zero-order valence-corrected chi connectivity index (χ0v) is 12.7. The molecule has 17 heavy (non-hydrogen) atoms. The van der Waals surface area contributed by atoms with E-state index in [2.05, 4.69) is 42.8 Å². The van der Waals surface area contributed by atoms with Gasteiger partial charge in [-0.25, -0.2) is 0 Å². The lowest BCUT2D eigenvalue weighted by Gasteiger charge is -2.25. The Labute approximate surface area is 113 Å². The van der Waals surface area contributed by atoms with Gasteiger partial charge < -0.3 is 10.5 Å². The monoisotopic (exact) mass is 299 g/mol. The molecule has 2 nitrogen and oxygen atoms in total. The van der Waals surface area contributed by atoms with Crippen LogP contribution in [-0.2, 0) is 0 Å². The fraction of sp³-hybridized carbons (Fsp3) is 0.571. The van der Waals surface area contributed by atoms with E-state index in [1.54, 1.807) is 0 Å². The molecule has 0 aliphatic heterocycles. The molecule has 2 N–H and O–H groups in total. The predicted molar refractivity (Wildman–Crippen MR) is 76.3 cm³/mol. The maximum absolute atomic E-state index is 6.28. The van der Waals surface area contributed by atoms with Crippen LogP contribution in [0.25, 0.3) is 0 Å². The molecule has 1 rings (SSSR count). The second-order valence-electron chi connectivity index (χ2n) is 5.49. The van der Waals surface area contributed by atoms with Gasteiger partial charge in [-0.3, -0.25) is 0 Å².